The van der Waals surface area contributed by atoms with Gasteiger partial charge in [0, 0.05) is 32.4 Å². The molecular formula is C17H27NO3. The first-order chi connectivity index (χ1) is 10.0. The molecule has 0 aliphatic heterocycles. The predicted molar refractivity (Wildman–Crippen MR) is 84.9 cm³/mol. The van der Waals surface area contributed by atoms with Gasteiger partial charge in [-0.2, -0.15) is 0 Å². The van der Waals surface area contributed by atoms with Crippen LogP contribution in [-0.4, -0.2) is 56.7 Å². The number of carbonyl (C=O) groups is 1. The Morgan fingerprint density at radius 1 is 1.14 bits per heavy atom. The minimum absolute atomic E-state index is 0.133. The number of benzene rings is 1. The summed E-state index contributed by atoms with van der Waals surface area (Å²) in [5.41, 5.74) is 1.91. The number of ether oxygens (including phenoxy) is 2. The number of carbonyl (C=O) groups excluding carboxylic acids is 1. The van der Waals surface area contributed by atoms with E-state index in [0.29, 0.717) is 19.8 Å². The van der Waals surface area contributed by atoms with E-state index in [0.717, 1.165) is 11.1 Å². The fourth-order valence-electron chi connectivity index (χ4n) is 2.44. The van der Waals surface area contributed by atoms with Gasteiger partial charge >= 0.3 is 0 Å². The number of rotatable bonds is 9. The van der Waals surface area contributed by atoms with Crippen LogP contribution >= 0.6 is 0 Å². The summed E-state index contributed by atoms with van der Waals surface area (Å²) in [6.45, 7) is 7.93. The molecule has 0 saturated carbocycles. The first-order valence-corrected chi connectivity index (χ1v) is 7.35. The Labute approximate surface area is 128 Å². The lowest BCUT2D eigenvalue weighted by Gasteiger charge is -2.33. The van der Waals surface area contributed by atoms with Gasteiger partial charge in [-0.05, 0) is 20.8 Å². The van der Waals surface area contributed by atoms with Crippen molar-refractivity contribution in [2.24, 2.45) is 0 Å². The van der Waals surface area contributed by atoms with E-state index in [9.17, 15) is 4.79 Å². The van der Waals surface area contributed by atoms with Crippen molar-refractivity contribution in [2.75, 3.05) is 34.0 Å². The standard InChI is InChI=1S/C17H27NO3/c1-13-6-8-16(9-7-13)17(19)15(3)18(10-11-20-4)14(2)12-21-5/h6-9,14-15H,10-12H2,1-5H3. The number of hydrogen-bond donors (Lipinski definition) is 0. The summed E-state index contributed by atoms with van der Waals surface area (Å²) in [6, 6.07) is 7.69. The number of aryl methyl sites for hydroxylation is 1. The highest BCUT2D eigenvalue weighted by molar-refractivity contribution is 5.99. The summed E-state index contributed by atoms with van der Waals surface area (Å²) >= 11 is 0. The van der Waals surface area contributed by atoms with Crippen LogP contribution in [0.1, 0.15) is 29.8 Å². The summed E-state index contributed by atoms with van der Waals surface area (Å²) in [4.78, 5) is 14.8. The zero-order chi connectivity index (χ0) is 15.8. The molecule has 0 saturated heterocycles. The van der Waals surface area contributed by atoms with E-state index >= 15 is 0 Å². The topological polar surface area (TPSA) is 38.8 Å². The lowest BCUT2D eigenvalue weighted by atomic mass is 10.0. The lowest BCUT2D eigenvalue weighted by Crippen LogP contribution is -2.47. The summed E-state index contributed by atoms with van der Waals surface area (Å²) in [7, 11) is 3.35. The minimum Gasteiger partial charge on any atom is -0.383 e. The van der Waals surface area contributed by atoms with Crippen LogP contribution < -0.4 is 0 Å². The minimum atomic E-state index is -0.201. The molecule has 0 N–H and O–H groups in total. The molecule has 0 aliphatic carbocycles. The Balaban J connectivity index is 2.84. The van der Waals surface area contributed by atoms with Gasteiger partial charge in [-0.25, -0.2) is 0 Å². The molecular weight excluding hydrogens is 266 g/mol. The van der Waals surface area contributed by atoms with Crippen molar-refractivity contribution < 1.29 is 14.3 Å². The Hall–Kier alpha value is -1.23. The van der Waals surface area contributed by atoms with E-state index in [1.165, 1.54) is 0 Å². The van der Waals surface area contributed by atoms with Crippen LogP contribution in [0.5, 0.6) is 0 Å². The average Bonchev–Trinajstić information content (AvgIpc) is 2.47. The van der Waals surface area contributed by atoms with E-state index < -0.39 is 0 Å². The molecule has 0 fully saturated rings. The second-order valence-corrected chi connectivity index (χ2v) is 5.44. The van der Waals surface area contributed by atoms with Crippen LogP contribution in [0.15, 0.2) is 24.3 Å². The molecule has 4 heteroatoms. The number of methoxy groups -OCH3 is 2. The quantitative estimate of drug-likeness (QED) is 0.656. The molecule has 2 atom stereocenters. The SMILES string of the molecule is COCCN(C(C)COC)C(C)C(=O)c1ccc(C)cc1. The van der Waals surface area contributed by atoms with Gasteiger partial charge in [-0.1, -0.05) is 29.8 Å². The van der Waals surface area contributed by atoms with Gasteiger partial charge in [0.15, 0.2) is 5.78 Å². The molecule has 0 aromatic heterocycles. The van der Waals surface area contributed by atoms with Gasteiger partial charge in [-0.3, -0.25) is 9.69 Å². The molecule has 1 aromatic rings. The zero-order valence-electron chi connectivity index (χ0n) is 13.8. The summed E-state index contributed by atoms with van der Waals surface area (Å²) < 4.78 is 10.4. The van der Waals surface area contributed by atoms with E-state index in [1.807, 2.05) is 38.1 Å². The second kappa shape index (κ2) is 8.93. The van der Waals surface area contributed by atoms with Gasteiger partial charge < -0.3 is 9.47 Å². The normalized spacial score (nSPS) is 14.2. The number of Topliss-reactive ketones (excluding diaryl/α,β-unsaturated/α-hetero) is 1. The Morgan fingerprint density at radius 2 is 1.76 bits per heavy atom. The highest BCUT2D eigenvalue weighted by Gasteiger charge is 2.26. The highest BCUT2D eigenvalue weighted by atomic mass is 16.5. The van der Waals surface area contributed by atoms with Crippen molar-refractivity contribution in [2.45, 2.75) is 32.9 Å². The van der Waals surface area contributed by atoms with Crippen LogP contribution in [0.3, 0.4) is 0 Å². The van der Waals surface area contributed by atoms with Crippen molar-refractivity contribution in [3.63, 3.8) is 0 Å². The third-order valence-electron chi connectivity index (χ3n) is 3.74. The maximum Gasteiger partial charge on any atom is 0.179 e. The van der Waals surface area contributed by atoms with Crippen molar-refractivity contribution in [1.29, 1.82) is 0 Å². The van der Waals surface area contributed by atoms with Crippen molar-refractivity contribution in [1.82, 2.24) is 4.90 Å². The van der Waals surface area contributed by atoms with Gasteiger partial charge in [0.2, 0.25) is 0 Å². The second-order valence-electron chi connectivity index (χ2n) is 5.44. The van der Waals surface area contributed by atoms with Crippen molar-refractivity contribution >= 4 is 5.78 Å². The lowest BCUT2D eigenvalue weighted by molar-refractivity contribution is 0.0454. The molecule has 0 aliphatic rings. The maximum atomic E-state index is 12.6. The van der Waals surface area contributed by atoms with Crippen LogP contribution in [0.4, 0.5) is 0 Å². The van der Waals surface area contributed by atoms with Crippen LogP contribution in [-0.2, 0) is 9.47 Å². The third-order valence-corrected chi connectivity index (χ3v) is 3.74. The summed E-state index contributed by atoms with van der Waals surface area (Å²) in [6.07, 6.45) is 0. The smallest absolute Gasteiger partial charge is 0.179 e. The number of nitrogens with zero attached hydrogens (tertiary/aromatic N) is 1. The molecule has 21 heavy (non-hydrogen) atoms. The van der Waals surface area contributed by atoms with E-state index in [4.69, 9.17) is 9.47 Å². The summed E-state index contributed by atoms with van der Waals surface area (Å²) in [5, 5.41) is 0. The van der Waals surface area contributed by atoms with Gasteiger partial charge in [0.05, 0.1) is 19.3 Å². The fourth-order valence-corrected chi connectivity index (χ4v) is 2.44. The van der Waals surface area contributed by atoms with Crippen LogP contribution in [0.2, 0.25) is 0 Å². The molecule has 2 unspecified atom stereocenters. The Kier molecular flexibility index (Phi) is 7.57. The van der Waals surface area contributed by atoms with Crippen LogP contribution in [0.25, 0.3) is 0 Å². The third kappa shape index (κ3) is 5.23. The van der Waals surface area contributed by atoms with Crippen molar-refractivity contribution in [3.05, 3.63) is 35.4 Å². The van der Waals surface area contributed by atoms with Gasteiger partial charge in [0.25, 0.3) is 0 Å². The van der Waals surface area contributed by atoms with E-state index in [-0.39, 0.29) is 17.9 Å². The average molecular weight is 293 g/mol. The van der Waals surface area contributed by atoms with Crippen LogP contribution in [0, 0.1) is 6.92 Å². The molecule has 0 heterocycles. The highest BCUT2D eigenvalue weighted by Crippen LogP contribution is 2.13. The molecule has 1 aromatic carbocycles. The Morgan fingerprint density at radius 3 is 2.29 bits per heavy atom. The molecule has 0 radical (unpaired) electrons. The van der Waals surface area contributed by atoms with E-state index in [1.54, 1.807) is 14.2 Å². The Bertz CT molecular complexity index is 430. The molecule has 0 bridgehead atoms. The van der Waals surface area contributed by atoms with Gasteiger partial charge in [-0.15, -0.1) is 0 Å². The molecule has 0 amide bonds. The first kappa shape index (κ1) is 17.8. The largest absolute Gasteiger partial charge is 0.383 e. The fraction of sp³-hybridized carbons (Fsp3) is 0.588. The van der Waals surface area contributed by atoms with Gasteiger partial charge in [0.1, 0.15) is 0 Å². The van der Waals surface area contributed by atoms with Crippen molar-refractivity contribution in [3.8, 4) is 0 Å². The zero-order valence-corrected chi connectivity index (χ0v) is 13.8. The molecule has 0 spiro atoms. The number of ketones is 1. The summed E-state index contributed by atoms with van der Waals surface area (Å²) in [5.74, 6) is 0.133. The number of hydrogen-bond acceptors (Lipinski definition) is 4. The monoisotopic (exact) mass is 293 g/mol. The predicted octanol–water partition coefficient (Wildman–Crippen LogP) is 2.55. The maximum absolute atomic E-state index is 12.6. The molecule has 4 nitrogen and oxygen atoms in total. The first-order valence-electron chi connectivity index (χ1n) is 7.35. The molecule has 118 valence electrons. The molecule has 1 rings (SSSR count). The van der Waals surface area contributed by atoms with E-state index in [2.05, 4.69) is 11.8 Å².